The van der Waals surface area contributed by atoms with E-state index in [-0.39, 0.29) is 5.69 Å². The van der Waals surface area contributed by atoms with E-state index in [1.165, 1.54) is 4.40 Å². The fourth-order valence-corrected chi connectivity index (χ4v) is 2.40. The Balaban J connectivity index is 2.17. The van der Waals surface area contributed by atoms with Crippen LogP contribution in [-0.4, -0.2) is 29.8 Å². The van der Waals surface area contributed by atoms with Gasteiger partial charge in [-0.05, 0) is 12.1 Å². The fraction of sp³-hybridized carbons (Fsp3) is 0. The first-order chi connectivity index (χ1) is 9.75. The number of aromatic amines is 2. The van der Waals surface area contributed by atoms with Crippen LogP contribution < -0.4 is 5.69 Å². The first-order valence-electron chi connectivity index (χ1n) is 5.81. The highest BCUT2D eigenvalue weighted by atomic mass is 35.5. The third-order valence-corrected chi connectivity index (χ3v) is 3.42. The molecule has 0 aliphatic carbocycles. The molecule has 20 heavy (non-hydrogen) atoms. The molecule has 0 saturated carbocycles. The second-order valence-electron chi connectivity index (χ2n) is 4.25. The zero-order valence-electron chi connectivity index (χ0n) is 9.96. The van der Waals surface area contributed by atoms with Crippen molar-refractivity contribution in [3.05, 3.63) is 46.0 Å². The lowest BCUT2D eigenvalue weighted by Gasteiger charge is -2.01. The summed E-state index contributed by atoms with van der Waals surface area (Å²) in [5.41, 5.74) is 1.25. The molecule has 0 saturated heterocycles. The zero-order chi connectivity index (χ0) is 13.7. The lowest BCUT2D eigenvalue weighted by atomic mass is 10.2. The van der Waals surface area contributed by atoms with E-state index in [0.717, 1.165) is 0 Å². The minimum Gasteiger partial charge on any atom is -0.291 e. The van der Waals surface area contributed by atoms with Crippen molar-refractivity contribution in [3.63, 3.8) is 0 Å². The molecule has 3 heterocycles. The predicted octanol–water partition coefficient (Wildman–Crippen LogP) is 1.61. The van der Waals surface area contributed by atoms with Crippen molar-refractivity contribution in [2.24, 2.45) is 0 Å². The maximum Gasteiger partial charge on any atom is 0.334 e. The number of nitrogens with zero attached hydrogens (tertiary/aromatic N) is 4. The van der Waals surface area contributed by atoms with Crippen molar-refractivity contribution >= 4 is 28.3 Å². The van der Waals surface area contributed by atoms with Crippen molar-refractivity contribution in [2.45, 2.75) is 0 Å². The van der Waals surface area contributed by atoms with Crippen LogP contribution in [0, 0.1) is 0 Å². The van der Waals surface area contributed by atoms with E-state index >= 15 is 0 Å². The van der Waals surface area contributed by atoms with Crippen LogP contribution in [0.25, 0.3) is 28.1 Å². The van der Waals surface area contributed by atoms with Crippen LogP contribution in [0.4, 0.5) is 0 Å². The molecule has 0 amide bonds. The number of aromatic nitrogens is 6. The molecule has 0 radical (unpaired) electrons. The van der Waals surface area contributed by atoms with Crippen LogP contribution in [0.1, 0.15) is 0 Å². The Morgan fingerprint density at radius 3 is 2.90 bits per heavy atom. The Hall–Kier alpha value is -2.67. The van der Waals surface area contributed by atoms with E-state index in [1.54, 1.807) is 18.3 Å². The fourth-order valence-electron chi connectivity index (χ4n) is 2.18. The summed E-state index contributed by atoms with van der Waals surface area (Å²) in [7, 11) is 0. The summed E-state index contributed by atoms with van der Waals surface area (Å²) in [5, 5.41) is 15.9. The molecule has 0 aliphatic heterocycles. The third kappa shape index (κ3) is 1.41. The summed E-state index contributed by atoms with van der Waals surface area (Å²) in [6.07, 6.45) is 1.59. The van der Waals surface area contributed by atoms with E-state index in [4.69, 9.17) is 11.6 Å². The number of hydrogen-bond donors (Lipinski definition) is 2. The van der Waals surface area contributed by atoms with Gasteiger partial charge in [0, 0.05) is 5.56 Å². The lowest BCUT2D eigenvalue weighted by Crippen LogP contribution is -2.17. The Morgan fingerprint density at radius 1 is 1.20 bits per heavy atom. The van der Waals surface area contributed by atoms with Gasteiger partial charge in [-0.3, -0.25) is 10.1 Å². The summed E-state index contributed by atoms with van der Waals surface area (Å²) in [6, 6.07) is 7.17. The van der Waals surface area contributed by atoms with Crippen molar-refractivity contribution in [1.82, 2.24) is 29.8 Å². The molecule has 0 aliphatic rings. The quantitative estimate of drug-likeness (QED) is 0.556. The van der Waals surface area contributed by atoms with Crippen LogP contribution in [-0.2, 0) is 0 Å². The van der Waals surface area contributed by atoms with Crippen molar-refractivity contribution in [2.75, 3.05) is 0 Å². The van der Waals surface area contributed by atoms with Crippen LogP contribution in [0.3, 0.4) is 0 Å². The Labute approximate surface area is 116 Å². The van der Waals surface area contributed by atoms with Crippen LogP contribution >= 0.6 is 11.6 Å². The van der Waals surface area contributed by atoms with Gasteiger partial charge < -0.3 is 0 Å². The second-order valence-corrected chi connectivity index (χ2v) is 4.66. The molecule has 3 aromatic heterocycles. The molecule has 8 heteroatoms. The smallest absolute Gasteiger partial charge is 0.291 e. The number of fused-ring (bicyclic) bond motifs is 3. The van der Waals surface area contributed by atoms with Crippen LogP contribution in [0.15, 0.2) is 35.3 Å². The van der Waals surface area contributed by atoms with E-state index in [0.29, 0.717) is 33.1 Å². The van der Waals surface area contributed by atoms with Gasteiger partial charge in [0.15, 0.2) is 11.5 Å². The summed E-state index contributed by atoms with van der Waals surface area (Å²) in [5.74, 6) is 0.398. The molecule has 0 fully saturated rings. The number of nitrogens with one attached hydrogen (secondary N) is 2. The van der Waals surface area contributed by atoms with Gasteiger partial charge in [0.25, 0.3) is 0 Å². The number of H-pyrrole nitrogens is 2. The summed E-state index contributed by atoms with van der Waals surface area (Å²) >= 11 is 6.15. The van der Waals surface area contributed by atoms with Gasteiger partial charge in [0.05, 0.1) is 16.6 Å². The molecule has 1 aromatic carbocycles. The van der Waals surface area contributed by atoms with Gasteiger partial charge in [-0.15, -0.1) is 10.2 Å². The SMILES string of the molecule is O=c1[nH]c2[nH]ncc2c2nnc(-c3ccccc3Cl)n12. The van der Waals surface area contributed by atoms with E-state index in [9.17, 15) is 4.79 Å². The Kier molecular flexibility index (Phi) is 2.19. The molecule has 98 valence electrons. The van der Waals surface area contributed by atoms with Gasteiger partial charge >= 0.3 is 5.69 Å². The first kappa shape index (κ1) is 11.2. The monoisotopic (exact) mass is 286 g/mol. The van der Waals surface area contributed by atoms with Gasteiger partial charge in [-0.1, -0.05) is 23.7 Å². The average Bonchev–Trinajstić information content (AvgIpc) is 3.05. The molecule has 0 bridgehead atoms. The molecule has 0 unspecified atom stereocenters. The molecular formula is C12H7ClN6O. The highest BCUT2D eigenvalue weighted by molar-refractivity contribution is 6.33. The Bertz CT molecular complexity index is 998. The van der Waals surface area contributed by atoms with Gasteiger partial charge in [0.1, 0.15) is 5.65 Å². The number of benzene rings is 1. The summed E-state index contributed by atoms with van der Waals surface area (Å²) in [6.45, 7) is 0. The van der Waals surface area contributed by atoms with Crippen molar-refractivity contribution in [3.8, 4) is 11.4 Å². The molecular weight excluding hydrogens is 280 g/mol. The highest BCUT2D eigenvalue weighted by Gasteiger charge is 2.16. The zero-order valence-corrected chi connectivity index (χ0v) is 10.7. The normalized spacial score (nSPS) is 11.4. The molecule has 7 nitrogen and oxygen atoms in total. The summed E-state index contributed by atoms with van der Waals surface area (Å²) < 4.78 is 1.39. The average molecular weight is 287 g/mol. The van der Waals surface area contributed by atoms with Gasteiger partial charge in [-0.25, -0.2) is 9.20 Å². The van der Waals surface area contributed by atoms with E-state index in [2.05, 4.69) is 25.4 Å². The number of halogens is 1. The van der Waals surface area contributed by atoms with Crippen LogP contribution in [0.5, 0.6) is 0 Å². The standard InChI is InChI=1S/C12H7ClN6O/c13-8-4-2-1-3-6(8)10-17-18-11-7-5-14-16-9(7)15-12(20)19(10)11/h1-5H,(H2,14,15,16,20). The molecule has 0 spiro atoms. The molecule has 2 N–H and O–H groups in total. The van der Waals surface area contributed by atoms with Crippen molar-refractivity contribution in [1.29, 1.82) is 0 Å². The van der Waals surface area contributed by atoms with E-state index < -0.39 is 0 Å². The Morgan fingerprint density at radius 2 is 2.05 bits per heavy atom. The van der Waals surface area contributed by atoms with E-state index in [1.807, 2.05) is 12.1 Å². The topological polar surface area (TPSA) is 91.7 Å². The second kappa shape index (κ2) is 3.91. The highest BCUT2D eigenvalue weighted by Crippen LogP contribution is 2.26. The predicted molar refractivity (Wildman–Crippen MR) is 73.7 cm³/mol. The third-order valence-electron chi connectivity index (χ3n) is 3.09. The van der Waals surface area contributed by atoms with Gasteiger partial charge in [-0.2, -0.15) is 5.10 Å². The molecule has 4 rings (SSSR count). The minimum absolute atomic E-state index is 0.350. The largest absolute Gasteiger partial charge is 0.334 e. The maximum absolute atomic E-state index is 12.2. The molecule has 0 atom stereocenters. The van der Waals surface area contributed by atoms with Gasteiger partial charge in [0.2, 0.25) is 0 Å². The lowest BCUT2D eigenvalue weighted by molar-refractivity contribution is 1.01. The van der Waals surface area contributed by atoms with Crippen molar-refractivity contribution < 1.29 is 0 Å². The number of rotatable bonds is 1. The first-order valence-corrected chi connectivity index (χ1v) is 6.19. The minimum atomic E-state index is -0.350. The number of hydrogen-bond acceptors (Lipinski definition) is 4. The van der Waals surface area contributed by atoms with Crippen LogP contribution in [0.2, 0.25) is 5.02 Å². The summed E-state index contributed by atoms with van der Waals surface area (Å²) in [4.78, 5) is 14.9. The molecule has 4 aromatic rings. The maximum atomic E-state index is 12.2.